The van der Waals surface area contributed by atoms with Gasteiger partial charge in [-0.3, -0.25) is 0 Å². The molecule has 2 nitrogen and oxygen atoms in total. The smallest absolute Gasteiger partial charge is 0.100 e. The quantitative estimate of drug-likeness (QED) is 0.571. The zero-order valence-corrected chi connectivity index (χ0v) is 13.0. The van der Waals surface area contributed by atoms with E-state index in [4.69, 9.17) is 0 Å². The molecule has 0 saturated heterocycles. The van der Waals surface area contributed by atoms with Crippen LogP contribution in [0.1, 0.15) is 44.7 Å². The van der Waals surface area contributed by atoms with Crippen molar-refractivity contribution in [3.8, 4) is 6.07 Å². The molecule has 0 atom stereocenters. The standard InChI is InChI=1S/C16H24N2S/c1-4-5-8-19-16-7-6-14(9-15(16)10-17)12-18-11-13(2)3/h6-7,9,13,18H,4-5,8,11-12H2,1-3H3. The third kappa shape index (κ3) is 6.13. The van der Waals surface area contributed by atoms with E-state index in [1.54, 1.807) is 11.8 Å². The monoisotopic (exact) mass is 276 g/mol. The molecule has 0 fully saturated rings. The molecule has 0 amide bonds. The van der Waals surface area contributed by atoms with Gasteiger partial charge < -0.3 is 5.32 Å². The number of rotatable bonds is 8. The number of nitrogens with zero attached hydrogens (tertiary/aromatic N) is 1. The van der Waals surface area contributed by atoms with Gasteiger partial charge in [0.15, 0.2) is 0 Å². The van der Waals surface area contributed by atoms with E-state index in [9.17, 15) is 5.26 Å². The zero-order chi connectivity index (χ0) is 14.1. The van der Waals surface area contributed by atoms with Crippen molar-refractivity contribution in [2.75, 3.05) is 12.3 Å². The van der Waals surface area contributed by atoms with E-state index in [1.165, 1.54) is 18.4 Å². The van der Waals surface area contributed by atoms with Crippen LogP contribution >= 0.6 is 11.8 Å². The minimum absolute atomic E-state index is 0.652. The summed E-state index contributed by atoms with van der Waals surface area (Å²) in [5.74, 6) is 1.75. The lowest BCUT2D eigenvalue weighted by Crippen LogP contribution is -2.18. The number of nitriles is 1. The minimum atomic E-state index is 0.652. The molecular weight excluding hydrogens is 252 g/mol. The largest absolute Gasteiger partial charge is 0.312 e. The second-order valence-corrected chi connectivity index (χ2v) is 6.31. The summed E-state index contributed by atoms with van der Waals surface area (Å²) in [7, 11) is 0. The van der Waals surface area contributed by atoms with E-state index in [1.807, 2.05) is 6.07 Å². The Bertz CT molecular complexity index is 421. The van der Waals surface area contributed by atoms with Gasteiger partial charge in [-0.25, -0.2) is 0 Å². The van der Waals surface area contributed by atoms with Crippen LogP contribution in [-0.4, -0.2) is 12.3 Å². The Hall–Kier alpha value is -0.980. The van der Waals surface area contributed by atoms with Crippen LogP contribution in [0.25, 0.3) is 0 Å². The first kappa shape index (κ1) is 16.1. The van der Waals surface area contributed by atoms with E-state index in [0.29, 0.717) is 5.92 Å². The molecule has 1 rings (SSSR count). The molecule has 0 bridgehead atoms. The highest BCUT2D eigenvalue weighted by Crippen LogP contribution is 2.24. The molecule has 1 N–H and O–H groups in total. The molecule has 1 aromatic carbocycles. The molecule has 0 heterocycles. The van der Waals surface area contributed by atoms with Gasteiger partial charge >= 0.3 is 0 Å². The van der Waals surface area contributed by atoms with Gasteiger partial charge in [-0.2, -0.15) is 5.26 Å². The van der Waals surface area contributed by atoms with E-state index in [0.717, 1.165) is 29.3 Å². The maximum absolute atomic E-state index is 9.23. The summed E-state index contributed by atoms with van der Waals surface area (Å²) in [6, 6.07) is 8.54. The predicted octanol–water partition coefficient (Wildman–Crippen LogP) is 4.20. The molecular formula is C16H24N2S. The van der Waals surface area contributed by atoms with Crippen molar-refractivity contribution in [2.45, 2.75) is 45.1 Å². The number of thioether (sulfide) groups is 1. The van der Waals surface area contributed by atoms with Gasteiger partial charge in [-0.05, 0) is 42.3 Å². The van der Waals surface area contributed by atoms with E-state index < -0.39 is 0 Å². The average Bonchev–Trinajstić information content (AvgIpc) is 2.39. The Balaban J connectivity index is 2.60. The van der Waals surface area contributed by atoms with Crippen LogP contribution in [0.2, 0.25) is 0 Å². The molecule has 3 heteroatoms. The molecule has 19 heavy (non-hydrogen) atoms. The van der Waals surface area contributed by atoms with Crippen LogP contribution in [0.15, 0.2) is 23.1 Å². The molecule has 0 aliphatic heterocycles. The summed E-state index contributed by atoms with van der Waals surface area (Å²) in [5, 5.41) is 12.6. The molecule has 0 aromatic heterocycles. The normalized spacial score (nSPS) is 10.7. The maximum Gasteiger partial charge on any atom is 0.100 e. The van der Waals surface area contributed by atoms with E-state index >= 15 is 0 Å². The van der Waals surface area contributed by atoms with Crippen molar-refractivity contribution in [3.63, 3.8) is 0 Å². The number of hydrogen-bond acceptors (Lipinski definition) is 3. The van der Waals surface area contributed by atoms with Crippen molar-refractivity contribution < 1.29 is 0 Å². The highest BCUT2D eigenvalue weighted by molar-refractivity contribution is 7.99. The first-order chi connectivity index (χ1) is 9.17. The summed E-state index contributed by atoms with van der Waals surface area (Å²) < 4.78 is 0. The lowest BCUT2D eigenvalue weighted by Gasteiger charge is -2.09. The predicted molar refractivity (Wildman–Crippen MR) is 83.3 cm³/mol. The summed E-state index contributed by atoms with van der Waals surface area (Å²) in [6.45, 7) is 8.43. The third-order valence-corrected chi connectivity index (χ3v) is 3.96. The van der Waals surface area contributed by atoms with Crippen molar-refractivity contribution in [3.05, 3.63) is 29.3 Å². The molecule has 0 spiro atoms. The van der Waals surface area contributed by atoms with Gasteiger partial charge in [0.2, 0.25) is 0 Å². The fourth-order valence-electron chi connectivity index (χ4n) is 1.73. The maximum atomic E-state index is 9.23. The van der Waals surface area contributed by atoms with Crippen molar-refractivity contribution in [2.24, 2.45) is 5.92 Å². The second-order valence-electron chi connectivity index (χ2n) is 5.17. The molecule has 0 aliphatic rings. The molecule has 0 aliphatic carbocycles. The van der Waals surface area contributed by atoms with Gasteiger partial charge in [0, 0.05) is 11.4 Å². The van der Waals surface area contributed by atoms with Crippen molar-refractivity contribution >= 4 is 11.8 Å². The Morgan fingerprint density at radius 2 is 2.16 bits per heavy atom. The summed E-state index contributed by atoms with van der Waals surface area (Å²) in [4.78, 5) is 1.11. The Morgan fingerprint density at radius 1 is 1.37 bits per heavy atom. The lowest BCUT2D eigenvalue weighted by atomic mass is 10.1. The van der Waals surface area contributed by atoms with E-state index in [-0.39, 0.29) is 0 Å². The number of unbranched alkanes of at least 4 members (excludes halogenated alkanes) is 1. The molecule has 1 aromatic rings. The van der Waals surface area contributed by atoms with Crippen molar-refractivity contribution in [1.82, 2.24) is 5.32 Å². The molecule has 0 unspecified atom stereocenters. The van der Waals surface area contributed by atoms with Gasteiger partial charge in [-0.1, -0.05) is 33.3 Å². The van der Waals surface area contributed by atoms with Gasteiger partial charge in [0.1, 0.15) is 6.07 Å². The summed E-state index contributed by atoms with van der Waals surface area (Å²) in [5.41, 5.74) is 2.00. The van der Waals surface area contributed by atoms with Gasteiger partial charge in [-0.15, -0.1) is 11.8 Å². The zero-order valence-electron chi connectivity index (χ0n) is 12.2. The Morgan fingerprint density at radius 3 is 2.79 bits per heavy atom. The van der Waals surface area contributed by atoms with Crippen molar-refractivity contribution in [1.29, 1.82) is 5.26 Å². The summed E-state index contributed by atoms with van der Waals surface area (Å²) in [6.07, 6.45) is 2.40. The van der Waals surface area contributed by atoms with Gasteiger partial charge in [0.05, 0.1) is 5.56 Å². The molecule has 0 radical (unpaired) electrons. The van der Waals surface area contributed by atoms with Crippen LogP contribution in [-0.2, 0) is 6.54 Å². The Labute approximate surface area is 121 Å². The van der Waals surface area contributed by atoms with Crippen LogP contribution in [0.4, 0.5) is 0 Å². The fourth-order valence-corrected chi connectivity index (χ4v) is 2.81. The minimum Gasteiger partial charge on any atom is -0.312 e. The SMILES string of the molecule is CCCCSc1ccc(CNCC(C)C)cc1C#N. The Kier molecular flexibility index (Phi) is 7.62. The van der Waals surface area contributed by atoms with Crippen LogP contribution in [0.5, 0.6) is 0 Å². The number of nitrogens with one attached hydrogen (secondary N) is 1. The highest BCUT2D eigenvalue weighted by Gasteiger charge is 2.04. The van der Waals surface area contributed by atoms with Crippen LogP contribution < -0.4 is 5.32 Å². The van der Waals surface area contributed by atoms with Gasteiger partial charge in [0.25, 0.3) is 0 Å². The number of hydrogen-bond donors (Lipinski definition) is 1. The molecule has 104 valence electrons. The van der Waals surface area contributed by atoms with Crippen LogP contribution in [0.3, 0.4) is 0 Å². The van der Waals surface area contributed by atoms with Crippen LogP contribution in [0, 0.1) is 17.2 Å². The highest BCUT2D eigenvalue weighted by atomic mass is 32.2. The lowest BCUT2D eigenvalue weighted by molar-refractivity contribution is 0.552. The number of benzene rings is 1. The topological polar surface area (TPSA) is 35.8 Å². The third-order valence-electron chi connectivity index (χ3n) is 2.80. The second kappa shape index (κ2) is 9.01. The fraction of sp³-hybridized carbons (Fsp3) is 0.562. The first-order valence-corrected chi connectivity index (χ1v) is 8.02. The average molecular weight is 276 g/mol. The molecule has 0 saturated carbocycles. The first-order valence-electron chi connectivity index (χ1n) is 7.04. The van der Waals surface area contributed by atoms with E-state index in [2.05, 4.69) is 44.3 Å². The summed E-state index contributed by atoms with van der Waals surface area (Å²) >= 11 is 1.79.